The van der Waals surface area contributed by atoms with E-state index in [1.54, 1.807) is 0 Å². The summed E-state index contributed by atoms with van der Waals surface area (Å²) in [6, 6.07) is 8.16. The van der Waals surface area contributed by atoms with Crippen LogP contribution in [0, 0.1) is 0 Å². The zero-order valence-corrected chi connectivity index (χ0v) is 25.7. The Morgan fingerprint density at radius 3 is 1.12 bits per heavy atom. The molecule has 3 rings (SSSR count). The Morgan fingerprint density at radius 1 is 0.450 bits per heavy atom. The molecular weight excluding hydrogens is 492 g/mol. The van der Waals surface area contributed by atoms with Crippen LogP contribution in [0.3, 0.4) is 0 Å². The minimum absolute atomic E-state index is 0.709. The van der Waals surface area contributed by atoms with Crippen molar-refractivity contribution < 1.29 is 9.47 Å². The van der Waals surface area contributed by atoms with Crippen LogP contribution in [0.4, 0.5) is 0 Å². The largest absolute Gasteiger partial charge is 0.489 e. The standard InChI is InChI=1S/C36H56N2O2/c1-3-5-7-9-11-13-15-17-19-21-29-39-35-31-25-23-27-37-33(31)34-32(26-24-28-38-34)36(35)40-30-22-20-18-16-14-12-10-8-6-4-2/h23-28H,3-22,29-30H2,1-2H3. The number of pyridine rings is 2. The van der Waals surface area contributed by atoms with Crippen molar-refractivity contribution in [2.75, 3.05) is 13.2 Å². The second-order valence-corrected chi connectivity index (χ2v) is 11.5. The highest BCUT2D eigenvalue weighted by atomic mass is 16.5. The molecule has 0 aliphatic heterocycles. The lowest BCUT2D eigenvalue weighted by atomic mass is 10.1. The van der Waals surface area contributed by atoms with Crippen LogP contribution in [0.2, 0.25) is 0 Å². The van der Waals surface area contributed by atoms with Crippen LogP contribution in [0.25, 0.3) is 21.8 Å². The maximum atomic E-state index is 6.49. The Balaban J connectivity index is 1.50. The number of aromatic nitrogens is 2. The Kier molecular flexibility index (Phi) is 16.5. The first-order chi connectivity index (χ1) is 19.9. The molecule has 0 aliphatic rings. The molecule has 0 unspecified atom stereocenters. The number of hydrogen-bond donors (Lipinski definition) is 0. The summed E-state index contributed by atoms with van der Waals surface area (Å²) in [5, 5.41) is 2.00. The van der Waals surface area contributed by atoms with Gasteiger partial charge in [0.1, 0.15) is 11.0 Å². The molecule has 4 nitrogen and oxygen atoms in total. The van der Waals surface area contributed by atoms with Crippen molar-refractivity contribution in [1.82, 2.24) is 9.97 Å². The summed E-state index contributed by atoms with van der Waals surface area (Å²) >= 11 is 0. The molecule has 2 heterocycles. The van der Waals surface area contributed by atoms with E-state index in [1.807, 2.05) is 24.5 Å². The number of ether oxygens (including phenoxy) is 2. The highest BCUT2D eigenvalue weighted by Gasteiger charge is 2.18. The van der Waals surface area contributed by atoms with Crippen LogP contribution in [0.5, 0.6) is 11.5 Å². The molecule has 0 aliphatic carbocycles. The highest BCUT2D eigenvalue weighted by Crippen LogP contribution is 2.42. The summed E-state index contributed by atoms with van der Waals surface area (Å²) in [7, 11) is 0. The average Bonchev–Trinajstić information content (AvgIpc) is 2.99. The van der Waals surface area contributed by atoms with Gasteiger partial charge in [0, 0.05) is 23.2 Å². The van der Waals surface area contributed by atoms with Crippen molar-refractivity contribution in [3.63, 3.8) is 0 Å². The van der Waals surface area contributed by atoms with Gasteiger partial charge in [-0.05, 0) is 37.1 Å². The van der Waals surface area contributed by atoms with E-state index in [-0.39, 0.29) is 0 Å². The van der Waals surface area contributed by atoms with E-state index in [2.05, 4.69) is 35.9 Å². The molecule has 0 bridgehead atoms. The zero-order valence-electron chi connectivity index (χ0n) is 25.7. The Bertz CT molecular complexity index is 983. The molecule has 0 atom stereocenters. The minimum atomic E-state index is 0.709. The van der Waals surface area contributed by atoms with Gasteiger partial charge in [0.25, 0.3) is 0 Å². The SMILES string of the molecule is CCCCCCCCCCCCOc1c(OCCCCCCCCCCCC)c2cccnc2c2ncccc12. The van der Waals surface area contributed by atoms with Gasteiger partial charge in [-0.15, -0.1) is 0 Å². The van der Waals surface area contributed by atoms with Gasteiger partial charge in [-0.2, -0.15) is 0 Å². The summed E-state index contributed by atoms with van der Waals surface area (Å²) in [6.07, 6.45) is 30.1. The molecule has 0 N–H and O–H groups in total. The summed E-state index contributed by atoms with van der Waals surface area (Å²) in [5.41, 5.74) is 1.78. The Labute approximate surface area is 244 Å². The van der Waals surface area contributed by atoms with Crippen LogP contribution in [0.1, 0.15) is 142 Å². The van der Waals surface area contributed by atoms with Crippen LogP contribution < -0.4 is 9.47 Å². The Morgan fingerprint density at radius 2 is 0.775 bits per heavy atom. The molecule has 4 heteroatoms. The lowest BCUT2D eigenvalue weighted by Gasteiger charge is -2.18. The molecule has 2 aromatic heterocycles. The van der Waals surface area contributed by atoms with Gasteiger partial charge in [0.05, 0.1) is 13.2 Å². The molecule has 40 heavy (non-hydrogen) atoms. The third-order valence-corrected chi connectivity index (χ3v) is 8.02. The van der Waals surface area contributed by atoms with Crippen molar-refractivity contribution in [3.8, 4) is 11.5 Å². The molecule has 0 fully saturated rings. The van der Waals surface area contributed by atoms with E-state index < -0.39 is 0 Å². The fourth-order valence-electron chi connectivity index (χ4n) is 5.61. The lowest BCUT2D eigenvalue weighted by Crippen LogP contribution is -2.05. The molecule has 0 saturated carbocycles. The maximum absolute atomic E-state index is 6.49. The molecule has 0 spiro atoms. The summed E-state index contributed by atoms with van der Waals surface area (Å²) < 4.78 is 13.0. The molecule has 1 aromatic carbocycles. The zero-order chi connectivity index (χ0) is 28.1. The first-order valence-electron chi connectivity index (χ1n) is 16.8. The molecule has 222 valence electrons. The molecule has 3 aromatic rings. The fraction of sp³-hybridized carbons (Fsp3) is 0.667. The molecular formula is C36H56N2O2. The third-order valence-electron chi connectivity index (χ3n) is 8.02. The van der Waals surface area contributed by atoms with Crippen LogP contribution >= 0.6 is 0 Å². The minimum Gasteiger partial charge on any atom is -0.489 e. The van der Waals surface area contributed by atoms with Crippen LogP contribution in [0.15, 0.2) is 36.7 Å². The van der Waals surface area contributed by atoms with Crippen molar-refractivity contribution in [1.29, 1.82) is 0 Å². The summed E-state index contributed by atoms with van der Waals surface area (Å²) in [6.45, 7) is 5.98. The predicted octanol–water partition coefficient (Wildman–Crippen LogP) is 11.4. The molecule has 0 radical (unpaired) electrons. The Hall–Kier alpha value is -2.36. The van der Waals surface area contributed by atoms with E-state index in [4.69, 9.17) is 9.47 Å². The second kappa shape index (κ2) is 20.5. The first kappa shape index (κ1) is 32.2. The highest BCUT2D eigenvalue weighted by molar-refractivity contribution is 6.09. The van der Waals surface area contributed by atoms with Gasteiger partial charge < -0.3 is 9.47 Å². The fourth-order valence-corrected chi connectivity index (χ4v) is 5.61. The number of unbranched alkanes of at least 4 members (excludes halogenated alkanes) is 18. The van der Waals surface area contributed by atoms with E-state index in [9.17, 15) is 0 Å². The second-order valence-electron chi connectivity index (χ2n) is 11.5. The smallest absolute Gasteiger partial charge is 0.171 e. The quantitative estimate of drug-likeness (QED) is 0.0824. The monoisotopic (exact) mass is 548 g/mol. The predicted molar refractivity (Wildman–Crippen MR) is 172 cm³/mol. The number of hydrogen-bond acceptors (Lipinski definition) is 4. The summed E-state index contributed by atoms with van der Waals surface area (Å²) in [4.78, 5) is 9.36. The van der Waals surface area contributed by atoms with Crippen molar-refractivity contribution in [2.45, 2.75) is 142 Å². The van der Waals surface area contributed by atoms with Gasteiger partial charge in [-0.1, -0.05) is 129 Å². The third kappa shape index (κ3) is 11.3. The molecule has 0 amide bonds. The number of rotatable bonds is 24. The summed E-state index contributed by atoms with van der Waals surface area (Å²) in [5.74, 6) is 1.68. The van der Waals surface area contributed by atoms with Crippen LogP contribution in [-0.2, 0) is 0 Å². The van der Waals surface area contributed by atoms with E-state index in [0.717, 1.165) is 46.1 Å². The van der Waals surface area contributed by atoms with Gasteiger partial charge >= 0.3 is 0 Å². The first-order valence-corrected chi connectivity index (χ1v) is 16.8. The number of benzene rings is 1. The van der Waals surface area contributed by atoms with Crippen molar-refractivity contribution in [2.24, 2.45) is 0 Å². The molecule has 0 saturated heterocycles. The lowest BCUT2D eigenvalue weighted by molar-refractivity contribution is 0.263. The van der Waals surface area contributed by atoms with Gasteiger partial charge in [0.15, 0.2) is 11.5 Å². The van der Waals surface area contributed by atoms with Gasteiger partial charge in [-0.3, -0.25) is 9.97 Å². The van der Waals surface area contributed by atoms with E-state index in [1.165, 1.54) is 116 Å². The van der Waals surface area contributed by atoms with Gasteiger partial charge in [-0.25, -0.2) is 0 Å². The normalized spacial score (nSPS) is 11.4. The van der Waals surface area contributed by atoms with Crippen molar-refractivity contribution >= 4 is 21.8 Å². The van der Waals surface area contributed by atoms with Crippen LogP contribution in [-0.4, -0.2) is 23.2 Å². The maximum Gasteiger partial charge on any atom is 0.171 e. The number of fused-ring (bicyclic) bond motifs is 3. The van der Waals surface area contributed by atoms with E-state index in [0.29, 0.717) is 13.2 Å². The number of nitrogens with zero attached hydrogens (tertiary/aromatic N) is 2. The average molecular weight is 549 g/mol. The van der Waals surface area contributed by atoms with E-state index >= 15 is 0 Å². The van der Waals surface area contributed by atoms with Gasteiger partial charge in [0.2, 0.25) is 0 Å². The van der Waals surface area contributed by atoms with Crippen molar-refractivity contribution in [3.05, 3.63) is 36.7 Å². The topological polar surface area (TPSA) is 44.2 Å².